The smallest absolute Gasteiger partial charge is 0.277 e. The Balaban J connectivity index is 1.68. The number of hydrogen-bond donors (Lipinski definition) is 5. The molecule has 0 saturated heterocycles. The van der Waals surface area contributed by atoms with Gasteiger partial charge in [0.2, 0.25) is 5.95 Å². The van der Waals surface area contributed by atoms with Crippen LogP contribution in [0.4, 0.5) is 17.5 Å². The summed E-state index contributed by atoms with van der Waals surface area (Å²) in [7, 11) is 1.77. The molecule has 1 heterocycles. The third-order valence-electron chi connectivity index (χ3n) is 4.31. The molecular formula is C22H23N7O3. The third kappa shape index (κ3) is 6.09. The van der Waals surface area contributed by atoms with Gasteiger partial charge >= 0.3 is 0 Å². The van der Waals surface area contributed by atoms with Crippen LogP contribution in [0.3, 0.4) is 0 Å². The maximum absolute atomic E-state index is 12.3. The van der Waals surface area contributed by atoms with Crippen LogP contribution in [-0.2, 0) is 4.79 Å². The minimum atomic E-state index is -0.558. The van der Waals surface area contributed by atoms with E-state index in [2.05, 4.69) is 30.9 Å². The van der Waals surface area contributed by atoms with Crippen molar-refractivity contribution in [3.8, 4) is 16.9 Å². The molecule has 0 radical (unpaired) electrons. The number of likely N-dealkylation sites (N-methyl/N-ethyl adjacent to an activating group) is 1. The Morgan fingerprint density at radius 3 is 2.72 bits per heavy atom. The second-order valence-corrected chi connectivity index (χ2v) is 6.71. The molecule has 3 aromatic rings. The standard InChI is InChI=1S/C22H23N7O3/c1-24-8-9-25-19(31)13-26-21(32)15-5-2-6-16(10-15)28-22-27-12-18(20(23)29-22)14-4-3-7-17(30)11-14/h2-7,10-13,24,30H,8-9H2,1H3,(H,25,31)(H3,23,27,28,29). The first-order valence-electron chi connectivity index (χ1n) is 9.76. The number of carbonyl (C=O) groups is 2. The van der Waals surface area contributed by atoms with Gasteiger partial charge in [-0.25, -0.2) is 9.98 Å². The van der Waals surface area contributed by atoms with Gasteiger partial charge in [0, 0.05) is 36.1 Å². The van der Waals surface area contributed by atoms with Crippen molar-refractivity contribution in [3.63, 3.8) is 0 Å². The highest BCUT2D eigenvalue weighted by molar-refractivity contribution is 6.28. The van der Waals surface area contributed by atoms with Crippen LogP contribution < -0.4 is 21.7 Å². The lowest BCUT2D eigenvalue weighted by molar-refractivity contribution is -0.114. The van der Waals surface area contributed by atoms with Crippen molar-refractivity contribution in [1.29, 1.82) is 0 Å². The van der Waals surface area contributed by atoms with Gasteiger partial charge in [-0.05, 0) is 42.9 Å². The van der Waals surface area contributed by atoms with E-state index in [0.717, 1.165) is 6.21 Å². The Morgan fingerprint density at radius 1 is 1.16 bits per heavy atom. The number of benzene rings is 2. The maximum atomic E-state index is 12.3. The van der Waals surface area contributed by atoms with E-state index in [-0.39, 0.29) is 17.5 Å². The zero-order chi connectivity index (χ0) is 22.9. The van der Waals surface area contributed by atoms with Crippen molar-refractivity contribution in [3.05, 3.63) is 60.3 Å². The maximum Gasteiger partial charge on any atom is 0.277 e. The number of phenols is 1. The number of aliphatic imine (C=N–C) groups is 1. The lowest BCUT2D eigenvalue weighted by atomic mass is 10.1. The van der Waals surface area contributed by atoms with Crippen molar-refractivity contribution >= 4 is 35.5 Å². The number of hydrogen-bond acceptors (Lipinski definition) is 8. The summed E-state index contributed by atoms with van der Waals surface area (Å²) in [4.78, 5) is 36.1. The van der Waals surface area contributed by atoms with Gasteiger partial charge in [0.15, 0.2) is 0 Å². The summed E-state index contributed by atoms with van der Waals surface area (Å²) in [5.74, 6) is -0.419. The molecule has 32 heavy (non-hydrogen) atoms. The van der Waals surface area contributed by atoms with Crippen LogP contribution in [0.5, 0.6) is 5.75 Å². The van der Waals surface area contributed by atoms with E-state index in [9.17, 15) is 14.7 Å². The van der Waals surface area contributed by atoms with Gasteiger partial charge in [-0.3, -0.25) is 9.59 Å². The number of rotatable bonds is 8. The summed E-state index contributed by atoms with van der Waals surface area (Å²) in [5, 5.41) is 18.1. The Morgan fingerprint density at radius 2 is 1.97 bits per heavy atom. The molecule has 1 aromatic heterocycles. The summed E-state index contributed by atoms with van der Waals surface area (Å²) in [5.41, 5.74) is 8.17. The molecule has 0 saturated carbocycles. The molecule has 0 bridgehead atoms. The van der Waals surface area contributed by atoms with Gasteiger partial charge < -0.3 is 26.8 Å². The minimum Gasteiger partial charge on any atom is -0.508 e. The number of carbonyl (C=O) groups excluding carboxylic acids is 2. The molecule has 0 aliphatic rings. The molecule has 10 heteroatoms. The molecule has 2 amide bonds. The quantitative estimate of drug-likeness (QED) is 0.266. The van der Waals surface area contributed by atoms with Crippen LogP contribution in [0.1, 0.15) is 10.4 Å². The second kappa shape index (κ2) is 10.6. The van der Waals surface area contributed by atoms with E-state index in [0.29, 0.717) is 35.5 Å². The van der Waals surface area contributed by atoms with E-state index >= 15 is 0 Å². The predicted molar refractivity (Wildman–Crippen MR) is 123 cm³/mol. The number of nitrogen functional groups attached to an aromatic ring is 1. The van der Waals surface area contributed by atoms with Gasteiger partial charge in [0.25, 0.3) is 11.8 Å². The summed E-state index contributed by atoms with van der Waals surface area (Å²) in [6, 6.07) is 13.2. The fourth-order valence-electron chi connectivity index (χ4n) is 2.76. The molecule has 10 nitrogen and oxygen atoms in total. The highest BCUT2D eigenvalue weighted by Crippen LogP contribution is 2.27. The highest BCUT2D eigenvalue weighted by Gasteiger charge is 2.09. The van der Waals surface area contributed by atoms with E-state index in [1.807, 2.05) is 0 Å². The molecular weight excluding hydrogens is 410 g/mol. The summed E-state index contributed by atoms with van der Waals surface area (Å²) >= 11 is 0. The van der Waals surface area contributed by atoms with Crippen LogP contribution in [-0.4, -0.2) is 53.2 Å². The fraction of sp³-hybridized carbons (Fsp3) is 0.136. The van der Waals surface area contributed by atoms with Gasteiger partial charge in [-0.15, -0.1) is 0 Å². The Kier molecular flexibility index (Phi) is 7.44. The molecule has 6 N–H and O–H groups in total. The summed E-state index contributed by atoms with van der Waals surface area (Å²) in [6.07, 6.45) is 2.51. The van der Waals surface area contributed by atoms with E-state index < -0.39 is 11.8 Å². The first-order valence-corrected chi connectivity index (χ1v) is 9.76. The number of aromatic hydroxyl groups is 1. The monoisotopic (exact) mass is 433 g/mol. The molecule has 3 rings (SSSR count). The number of nitrogens with one attached hydrogen (secondary N) is 3. The molecule has 0 aliphatic carbocycles. The Bertz CT molecular complexity index is 1150. The van der Waals surface area contributed by atoms with Crippen molar-refractivity contribution in [1.82, 2.24) is 20.6 Å². The van der Waals surface area contributed by atoms with Crippen LogP contribution in [0.25, 0.3) is 11.1 Å². The van der Waals surface area contributed by atoms with Crippen LogP contribution in [0, 0.1) is 0 Å². The number of phenolic OH excluding ortho intramolecular Hbond substituents is 1. The third-order valence-corrected chi connectivity index (χ3v) is 4.31. The Labute approximate surface area is 184 Å². The SMILES string of the molecule is CNCCNC(=O)C=NC(=O)c1cccc(Nc2ncc(-c3cccc(O)c3)c(N)n2)c1. The van der Waals surface area contributed by atoms with E-state index in [1.54, 1.807) is 61.8 Å². The summed E-state index contributed by atoms with van der Waals surface area (Å²) < 4.78 is 0. The first-order chi connectivity index (χ1) is 15.5. The molecule has 164 valence electrons. The van der Waals surface area contributed by atoms with Crippen molar-refractivity contribution in [2.24, 2.45) is 4.99 Å². The molecule has 2 aromatic carbocycles. The van der Waals surface area contributed by atoms with Gasteiger partial charge in [-0.2, -0.15) is 4.98 Å². The van der Waals surface area contributed by atoms with E-state index in [1.165, 1.54) is 0 Å². The molecule has 0 aliphatic heterocycles. The largest absolute Gasteiger partial charge is 0.508 e. The van der Waals surface area contributed by atoms with E-state index in [4.69, 9.17) is 5.73 Å². The number of nitrogens with two attached hydrogens (primary N) is 1. The van der Waals surface area contributed by atoms with Crippen molar-refractivity contribution < 1.29 is 14.7 Å². The zero-order valence-corrected chi connectivity index (χ0v) is 17.4. The molecule has 0 spiro atoms. The van der Waals surface area contributed by atoms with Crippen LogP contribution >= 0.6 is 0 Å². The lowest BCUT2D eigenvalue weighted by Crippen LogP contribution is -2.31. The summed E-state index contributed by atoms with van der Waals surface area (Å²) in [6.45, 7) is 1.05. The lowest BCUT2D eigenvalue weighted by Gasteiger charge is -2.09. The number of amides is 2. The fourth-order valence-corrected chi connectivity index (χ4v) is 2.76. The topological polar surface area (TPSA) is 155 Å². The predicted octanol–water partition coefficient (Wildman–Crippen LogP) is 1.72. The van der Waals surface area contributed by atoms with Gasteiger partial charge in [0.05, 0.1) is 6.21 Å². The number of aromatic nitrogens is 2. The zero-order valence-electron chi connectivity index (χ0n) is 17.4. The van der Waals surface area contributed by atoms with Crippen molar-refractivity contribution in [2.45, 2.75) is 0 Å². The highest BCUT2D eigenvalue weighted by atomic mass is 16.3. The van der Waals surface area contributed by atoms with Crippen molar-refractivity contribution in [2.75, 3.05) is 31.2 Å². The van der Waals surface area contributed by atoms with Crippen LogP contribution in [0.15, 0.2) is 59.7 Å². The second-order valence-electron chi connectivity index (χ2n) is 6.71. The molecule has 0 unspecified atom stereocenters. The Hall–Kier alpha value is -4.31. The average Bonchev–Trinajstić information content (AvgIpc) is 2.78. The first kappa shape index (κ1) is 22.4. The molecule has 0 atom stereocenters. The molecule has 0 fully saturated rings. The minimum absolute atomic E-state index is 0.115. The van der Waals surface area contributed by atoms with Crippen LogP contribution in [0.2, 0.25) is 0 Å². The normalized spacial score (nSPS) is 10.8. The van der Waals surface area contributed by atoms with Gasteiger partial charge in [0.1, 0.15) is 11.6 Å². The number of nitrogens with zero attached hydrogens (tertiary/aromatic N) is 3. The van der Waals surface area contributed by atoms with Gasteiger partial charge in [-0.1, -0.05) is 18.2 Å². The number of anilines is 3. The average molecular weight is 433 g/mol.